The fourth-order valence-corrected chi connectivity index (χ4v) is 2.98. The third kappa shape index (κ3) is 2.74. The summed E-state index contributed by atoms with van der Waals surface area (Å²) >= 11 is 3.56. The zero-order valence-electron chi connectivity index (χ0n) is 12.2. The average molecular weight is 335 g/mol. The first-order valence-corrected chi connectivity index (χ1v) is 7.33. The standard InChI is InChI=1S/C17H19BrO2/c1-10-8-12(3)15(14(9-10)20-4)17(19)13-7-5-6-11(2)16(13)18/h5-9,17,19H,1-4H3. The van der Waals surface area contributed by atoms with Gasteiger partial charge in [0.1, 0.15) is 11.9 Å². The second-order valence-corrected chi connectivity index (χ2v) is 5.87. The maximum atomic E-state index is 10.8. The molecule has 0 saturated heterocycles. The Kier molecular flexibility index (Phi) is 4.51. The van der Waals surface area contributed by atoms with Gasteiger partial charge in [0.05, 0.1) is 7.11 Å². The molecule has 0 amide bonds. The minimum Gasteiger partial charge on any atom is -0.496 e. The second kappa shape index (κ2) is 5.98. The van der Waals surface area contributed by atoms with Gasteiger partial charge in [-0.3, -0.25) is 0 Å². The average Bonchev–Trinajstić information content (AvgIpc) is 2.40. The van der Waals surface area contributed by atoms with Gasteiger partial charge in [-0.2, -0.15) is 0 Å². The van der Waals surface area contributed by atoms with Gasteiger partial charge < -0.3 is 9.84 Å². The Hall–Kier alpha value is -1.32. The Morgan fingerprint density at radius 2 is 1.80 bits per heavy atom. The van der Waals surface area contributed by atoms with Gasteiger partial charge >= 0.3 is 0 Å². The highest BCUT2D eigenvalue weighted by Crippen LogP contribution is 2.37. The van der Waals surface area contributed by atoms with Crippen LogP contribution in [-0.2, 0) is 0 Å². The van der Waals surface area contributed by atoms with Crippen LogP contribution < -0.4 is 4.74 Å². The van der Waals surface area contributed by atoms with Crippen molar-refractivity contribution in [3.63, 3.8) is 0 Å². The predicted molar refractivity (Wildman–Crippen MR) is 85.4 cm³/mol. The highest BCUT2D eigenvalue weighted by atomic mass is 79.9. The number of rotatable bonds is 3. The molecule has 0 saturated carbocycles. The molecule has 0 heterocycles. The first-order chi connectivity index (χ1) is 9.45. The van der Waals surface area contributed by atoms with Gasteiger partial charge in [-0.05, 0) is 49.1 Å². The molecule has 0 fully saturated rings. The van der Waals surface area contributed by atoms with Crippen LogP contribution in [-0.4, -0.2) is 12.2 Å². The monoisotopic (exact) mass is 334 g/mol. The summed E-state index contributed by atoms with van der Waals surface area (Å²) in [6.45, 7) is 6.03. The van der Waals surface area contributed by atoms with E-state index in [9.17, 15) is 5.11 Å². The predicted octanol–water partition coefficient (Wildman–Crippen LogP) is 4.46. The zero-order valence-corrected chi connectivity index (χ0v) is 13.8. The van der Waals surface area contributed by atoms with E-state index in [4.69, 9.17) is 4.74 Å². The molecule has 1 N–H and O–H groups in total. The van der Waals surface area contributed by atoms with Crippen LogP contribution in [0.5, 0.6) is 5.75 Å². The van der Waals surface area contributed by atoms with E-state index in [0.29, 0.717) is 0 Å². The first-order valence-electron chi connectivity index (χ1n) is 6.54. The van der Waals surface area contributed by atoms with Crippen molar-refractivity contribution in [2.45, 2.75) is 26.9 Å². The Labute approximate surface area is 128 Å². The summed E-state index contributed by atoms with van der Waals surface area (Å²) in [5.74, 6) is 0.725. The lowest BCUT2D eigenvalue weighted by molar-refractivity contribution is 0.213. The van der Waals surface area contributed by atoms with Gasteiger partial charge in [-0.15, -0.1) is 0 Å². The second-order valence-electron chi connectivity index (χ2n) is 5.08. The van der Waals surface area contributed by atoms with Crippen molar-refractivity contribution in [1.29, 1.82) is 0 Å². The highest BCUT2D eigenvalue weighted by molar-refractivity contribution is 9.10. The molecule has 3 heteroatoms. The number of halogens is 1. The van der Waals surface area contributed by atoms with Gasteiger partial charge in [0, 0.05) is 10.0 Å². The summed E-state index contributed by atoms with van der Waals surface area (Å²) in [5.41, 5.74) is 4.94. The molecule has 2 aromatic carbocycles. The summed E-state index contributed by atoms with van der Waals surface area (Å²) in [6.07, 6.45) is -0.708. The molecule has 1 atom stereocenters. The highest BCUT2D eigenvalue weighted by Gasteiger charge is 2.21. The van der Waals surface area contributed by atoms with Crippen molar-refractivity contribution in [1.82, 2.24) is 0 Å². The Morgan fingerprint density at radius 3 is 2.45 bits per heavy atom. The van der Waals surface area contributed by atoms with Crippen LogP contribution >= 0.6 is 15.9 Å². The minimum atomic E-state index is -0.708. The molecule has 0 bridgehead atoms. The summed E-state index contributed by atoms with van der Waals surface area (Å²) < 4.78 is 6.38. The number of benzene rings is 2. The van der Waals surface area contributed by atoms with E-state index in [-0.39, 0.29) is 0 Å². The number of aliphatic hydroxyl groups excluding tert-OH is 1. The van der Waals surface area contributed by atoms with Crippen LogP contribution in [0.3, 0.4) is 0 Å². The third-order valence-corrected chi connectivity index (χ3v) is 4.59. The molecule has 2 aromatic rings. The number of methoxy groups -OCH3 is 1. The van der Waals surface area contributed by atoms with Crippen molar-refractivity contribution in [2.24, 2.45) is 0 Å². The number of hydrogen-bond acceptors (Lipinski definition) is 2. The molecule has 0 aliphatic heterocycles. The van der Waals surface area contributed by atoms with E-state index in [2.05, 4.69) is 22.0 Å². The van der Waals surface area contributed by atoms with Crippen molar-refractivity contribution in [3.8, 4) is 5.75 Å². The van der Waals surface area contributed by atoms with Crippen molar-refractivity contribution in [2.75, 3.05) is 7.11 Å². The summed E-state index contributed by atoms with van der Waals surface area (Å²) in [5, 5.41) is 10.8. The molecule has 2 rings (SSSR count). The van der Waals surface area contributed by atoms with Crippen LogP contribution in [0.4, 0.5) is 0 Å². The molecule has 0 aliphatic carbocycles. The SMILES string of the molecule is COc1cc(C)cc(C)c1C(O)c1cccc(C)c1Br. The van der Waals surface area contributed by atoms with Crippen LogP contribution in [0.1, 0.15) is 33.9 Å². The molecule has 106 valence electrons. The van der Waals surface area contributed by atoms with Gasteiger partial charge in [-0.1, -0.05) is 40.2 Å². The topological polar surface area (TPSA) is 29.5 Å². The van der Waals surface area contributed by atoms with Gasteiger partial charge in [0.25, 0.3) is 0 Å². The van der Waals surface area contributed by atoms with Crippen LogP contribution in [0.15, 0.2) is 34.8 Å². The largest absolute Gasteiger partial charge is 0.496 e. The van der Waals surface area contributed by atoms with E-state index in [1.165, 1.54) is 0 Å². The number of ether oxygens (including phenoxy) is 1. The molecule has 0 aromatic heterocycles. The molecule has 1 unspecified atom stereocenters. The van der Waals surface area contributed by atoms with Gasteiger partial charge in [0.15, 0.2) is 0 Å². The Bertz CT molecular complexity index is 635. The number of hydrogen-bond donors (Lipinski definition) is 1. The lowest BCUT2D eigenvalue weighted by Crippen LogP contribution is -2.06. The van der Waals surface area contributed by atoms with E-state index >= 15 is 0 Å². The molecule has 0 spiro atoms. The maximum absolute atomic E-state index is 10.8. The normalized spacial score (nSPS) is 12.3. The molecule has 2 nitrogen and oxygen atoms in total. The summed E-state index contributed by atoms with van der Waals surface area (Å²) in [7, 11) is 1.63. The molecular formula is C17H19BrO2. The van der Waals surface area contributed by atoms with Crippen molar-refractivity contribution >= 4 is 15.9 Å². The first kappa shape index (κ1) is 15.1. The smallest absolute Gasteiger partial charge is 0.125 e. The van der Waals surface area contributed by atoms with E-state index < -0.39 is 6.10 Å². The van der Waals surface area contributed by atoms with Crippen LogP contribution in [0.2, 0.25) is 0 Å². The summed E-state index contributed by atoms with van der Waals surface area (Å²) in [6, 6.07) is 9.91. The Balaban J connectivity index is 2.59. The number of aryl methyl sites for hydroxylation is 3. The quantitative estimate of drug-likeness (QED) is 0.897. The van der Waals surface area contributed by atoms with Crippen molar-refractivity contribution < 1.29 is 9.84 Å². The Morgan fingerprint density at radius 1 is 1.10 bits per heavy atom. The van der Waals surface area contributed by atoms with Gasteiger partial charge in [-0.25, -0.2) is 0 Å². The molecular weight excluding hydrogens is 316 g/mol. The fourth-order valence-electron chi connectivity index (χ4n) is 2.50. The lowest BCUT2D eigenvalue weighted by atomic mass is 9.94. The summed E-state index contributed by atoms with van der Waals surface area (Å²) in [4.78, 5) is 0. The maximum Gasteiger partial charge on any atom is 0.125 e. The molecule has 0 aliphatic rings. The fraction of sp³-hybridized carbons (Fsp3) is 0.294. The van der Waals surface area contributed by atoms with Crippen LogP contribution in [0.25, 0.3) is 0 Å². The molecule has 20 heavy (non-hydrogen) atoms. The third-order valence-electron chi connectivity index (χ3n) is 3.50. The van der Waals surface area contributed by atoms with Crippen LogP contribution in [0, 0.1) is 20.8 Å². The minimum absolute atomic E-state index is 0.708. The lowest BCUT2D eigenvalue weighted by Gasteiger charge is -2.20. The molecule has 0 radical (unpaired) electrons. The van der Waals surface area contributed by atoms with E-state index in [0.717, 1.165) is 38.0 Å². The van der Waals surface area contributed by atoms with E-state index in [1.807, 2.05) is 45.0 Å². The van der Waals surface area contributed by atoms with Crippen molar-refractivity contribution in [3.05, 3.63) is 62.6 Å². The van der Waals surface area contributed by atoms with E-state index in [1.54, 1.807) is 7.11 Å². The zero-order chi connectivity index (χ0) is 14.9. The van der Waals surface area contributed by atoms with Gasteiger partial charge in [0.2, 0.25) is 0 Å². The number of aliphatic hydroxyl groups is 1.